The lowest BCUT2D eigenvalue weighted by Crippen LogP contribution is -2.37. The Balaban J connectivity index is 2.46. The first-order valence-electron chi connectivity index (χ1n) is 4.88. The zero-order valence-electron chi connectivity index (χ0n) is 8.66. The third kappa shape index (κ3) is 3.65. The van der Waals surface area contributed by atoms with Crippen LogP contribution in [0, 0.1) is 5.92 Å². The Morgan fingerprint density at radius 1 is 1.38 bits per heavy atom. The molecule has 0 unspecified atom stereocenters. The maximum atomic E-state index is 11.3. The SMILES string of the molecule is CC(C)N(CCC1CC1)S(C)(=O)=O. The lowest BCUT2D eigenvalue weighted by Gasteiger charge is -2.23. The second-order valence-corrected chi connectivity index (χ2v) is 6.13. The van der Waals surface area contributed by atoms with Crippen LogP contribution in [0.25, 0.3) is 0 Å². The van der Waals surface area contributed by atoms with Gasteiger partial charge in [-0.15, -0.1) is 0 Å². The maximum Gasteiger partial charge on any atom is 0.211 e. The zero-order chi connectivity index (χ0) is 10.1. The van der Waals surface area contributed by atoms with E-state index in [1.54, 1.807) is 4.31 Å². The van der Waals surface area contributed by atoms with Gasteiger partial charge < -0.3 is 0 Å². The van der Waals surface area contributed by atoms with Gasteiger partial charge >= 0.3 is 0 Å². The fourth-order valence-electron chi connectivity index (χ4n) is 1.52. The molecule has 1 fully saturated rings. The molecule has 0 aromatic carbocycles. The first kappa shape index (κ1) is 11.0. The van der Waals surface area contributed by atoms with Crippen LogP contribution >= 0.6 is 0 Å². The van der Waals surface area contributed by atoms with Crippen molar-refractivity contribution in [3.05, 3.63) is 0 Å². The van der Waals surface area contributed by atoms with Crippen LogP contribution in [-0.2, 0) is 10.0 Å². The maximum absolute atomic E-state index is 11.3. The van der Waals surface area contributed by atoms with Crippen LogP contribution in [0.2, 0.25) is 0 Å². The predicted molar refractivity (Wildman–Crippen MR) is 54.0 cm³/mol. The van der Waals surface area contributed by atoms with Crippen molar-refractivity contribution in [3.63, 3.8) is 0 Å². The first-order chi connectivity index (χ1) is 5.91. The van der Waals surface area contributed by atoms with Crippen molar-refractivity contribution in [2.24, 2.45) is 5.92 Å². The number of nitrogens with zero attached hydrogens (tertiary/aromatic N) is 1. The van der Waals surface area contributed by atoms with Gasteiger partial charge in [0.1, 0.15) is 0 Å². The minimum Gasteiger partial charge on any atom is -0.212 e. The molecule has 1 aliphatic carbocycles. The van der Waals surface area contributed by atoms with E-state index in [-0.39, 0.29) is 6.04 Å². The highest BCUT2D eigenvalue weighted by atomic mass is 32.2. The van der Waals surface area contributed by atoms with Gasteiger partial charge in [-0.25, -0.2) is 8.42 Å². The van der Waals surface area contributed by atoms with E-state index in [0.717, 1.165) is 12.3 Å². The van der Waals surface area contributed by atoms with Gasteiger partial charge in [0.2, 0.25) is 10.0 Å². The standard InChI is InChI=1S/C9H19NO2S/c1-8(2)10(13(3,11)12)7-6-9-4-5-9/h8-9H,4-7H2,1-3H3. The summed E-state index contributed by atoms with van der Waals surface area (Å²) in [5, 5.41) is 0. The first-order valence-corrected chi connectivity index (χ1v) is 6.73. The Bertz CT molecular complexity index is 255. The summed E-state index contributed by atoms with van der Waals surface area (Å²) in [5.74, 6) is 0.794. The predicted octanol–water partition coefficient (Wildman–Crippen LogP) is 1.46. The average Bonchev–Trinajstić information content (AvgIpc) is 2.66. The Morgan fingerprint density at radius 2 is 1.92 bits per heavy atom. The molecule has 0 bridgehead atoms. The van der Waals surface area contributed by atoms with Crippen molar-refractivity contribution in [2.75, 3.05) is 12.8 Å². The molecule has 1 saturated carbocycles. The summed E-state index contributed by atoms with van der Waals surface area (Å²) in [6, 6.07) is 0.0914. The smallest absolute Gasteiger partial charge is 0.211 e. The van der Waals surface area contributed by atoms with E-state index in [1.165, 1.54) is 19.1 Å². The third-order valence-corrected chi connectivity index (χ3v) is 3.91. The van der Waals surface area contributed by atoms with E-state index in [1.807, 2.05) is 13.8 Å². The quantitative estimate of drug-likeness (QED) is 0.681. The molecule has 0 spiro atoms. The van der Waals surface area contributed by atoms with E-state index >= 15 is 0 Å². The number of sulfonamides is 1. The number of hydrogen-bond acceptors (Lipinski definition) is 2. The van der Waals surface area contributed by atoms with Crippen LogP contribution in [0.1, 0.15) is 33.1 Å². The molecule has 0 aromatic heterocycles. The largest absolute Gasteiger partial charge is 0.212 e. The van der Waals surface area contributed by atoms with Crippen LogP contribution < -0.4 is 0 Å². The van der Waals surface area contributed by atoms with E-state index in [0.29, 0.717) is 6.54 Å². The van der Waals surface area contributed by atoms with Crippen LogP contribution in [-0.4, -0.2) is 31.6 Å². The highest BCUT2D eigenvalue weighted by Crippen LogP contribution is 2.32. The van der Waals surface area contributed by atoms with Crippen molar-refractivity contribution in [1.82, 2.24) is 4.31 Å². The second-order valence-electron chi connectivity index (χ2n) is 4.20. The topological polar surface area (TPSA) is 37.4 Å². The van der Waals surface area contributed by atoms with Gasteiger partial charge in [0.15, 0.2) is 0 Å². The summed E-state index contributed by atoms with van der Waals surface area (Å²) in [5.41, 5.74) is 0. The second kappa shape index (κ2) is 3.96. The molecule has 13 heavy (non-hydrogen) atoms. The van der Waals surface area contributed by atoms with Crippen molar-refractivity contribution in [2.45, 2.75) is 39.2 Å². The molecule has 1 aliphatic rings. The zero-order valence-corrected chi connectivity index (χ0v) is 9.47. The van der Waals surface area contributed by atoms with Crippen molar-refractivity contribution in [3.8, 4) is 0 Å². The summed E-state index contributed by atoms with van der Waals surface area (Å²) in [4.78, 5) is 0. The van der Waals surface area contributed by atoms with Crippen LogP contribution in [0.15, 0.2) is 0 Å². The summed E-state index contributed by atoms with van der Waals surface area (Å²) < 4.78 is 24.3. The van der Waals surface area contributed by atoms with Crippen LogP contribution in [0.3, 0.4) is 0 Å². The van der Waals surface area contributed by atoms with E-state index in [2.05, 4.69) is 0 Å². The molecule has 0 aromatic rings. The molecule has 0 atom stereocenters. The molecule has 0 amide bonds. The lowest BCUT2D eigenvalue weighted by atomic mass is 10.3. The Hall–Kier alpha value is -0.0900. The minimum absolute atomic E-state index is 0.0914. The van der Waals surface area contributed by atoms with E-state index < -0.39 is 10.0 Å². The van der Waals surface area contributed by atoms with Gasteiger partial charge in [0, 0.05) is 12.6 Å². The van der Waals surface area contributed by atoms with E-state index in [9.17, 15) is 8.42 Å². The van der Waals surface area contributed by atoms with Gasteiger partial charge in [0.05, 0.1) is 6.26 Å². The summed E-state index contributed by atoms with van der Waals surface area (Å²) >= 11 is 0. The Labute approximate surface area is 81.2 Å². The average molecular weight is 205 g/mol. The highest BCUT2D eigenvalue weighted by Gasteiger charge is 2.25. The van der Waals surface area contributed by atoms with Crippen LogP contribution in [0.5, 0.6) is 0 Å². The summed E-state index contributed by atoms with van der Waals surface area (Å²) in [6.07, 6.45) is 4.90. The van der Waals surface area contributed by atoms with Crippen LogP contribution in [0.4, 0.5) is 0 Å². The van der Waals surface area contributed by atoms with Gasteiger partial charge in [-0.3, -0.25) is 0 Å². The van der Waals surface area contributed by atoms with Crippen molar-refractivity contribution < 1.29 is 8.42 Å². The van der Waals surface area contributed by atoms with Gasteiger partial charge in [-0.1, -0.05) is 12.8 Å². The molecule has 3 nitrogen and oxygen atoms in total. The molecule has 0 saturated heterocycles. The fourth-order valence-corrected chi connectivity index (χ4v) is 2.73. The van der Waals surface area contributed by atoms with Gasteiger partial charge in [-0.05, 0) is 26.2 Å². The van der Waals surface area contributed by atoms with Gasteiger partial charge in [0.25, 0.3) is 0 Å². The molecule has 0 heterocycles. The molecule has 4 heteroatoms. The van der Waals surface area contributed by atoms with Crippen molar-refractivity contribution >= 4 is 10.0 Å². The Morgan fingerprint density at radius 3 is 2.23 bits per heavy atom. The Kier molecular flexibility index (Phi) is 3.35. The van der Waals surface area contributed by atoms with E-state index in [4.69, 9.17) is 0 Å². The molecule has 0 aliphatic heterocycles. The molecule has 78 valence electrons. The number of rotatable bonds is 5. The molecule has 0 N–H and O–H groups in total. The minimum atomic E-state index is -3.00. The van der Waals surface area contributed by atoms with Gasteiger partial charge in [-0.2, -0.15) is 4.31 Å². The molecular weight excluding hydrogens is 186 g/mol. The fraction of sp³-hybridized carbons (Fsp3) is 1.00. The monoisotopic (exact) mass is 205 g/mol. The third-order valence-electron chi connectivity index (χ3n) is 2.46. The molecule has 0 radical (unpaired) electrons. The molecule has 1 rings (SSSR count). The normalized spacial score (nSPS) is 18.5. The highest BCUT2D eigenvalue weighted by molar-refractivity contribution is 7.88. The number of hydrogen-bond donors (Lipinski definition) is 0. The van der Waals surface area contributed by atoms with Crippen molar-refractivity contribution in [1.29, 1.82) is 0 Å². The molecular formula is C9H19NO2S. The lowest BCUT2D eigenvalue weighted by molar-refractivity contribution is 0.345. The summed E-state index contributed by atoms with van der Waals surface area (Å²) in [7, 11) is -3.00. The summed E-state index contributed by atoms with van der Waals surface area (Å²) in [6.45, 7) is 4.54.